The summed E-state index contributed by atoms with van der Waals surface area (Å²) >= 11 is 1.44. The van der Waals surface area contributed by atoms with Gasteiger partial charge in [-0.15, -0.1) is 0 Å². The van der Waals surface area contributed by atoms with Crippen LogP contribution in [-0.4, -0.2) is 39.1 Å². The summed E-state index contributed by atoms with van der Waals surface area (Å²) in [7, 11) is 0. The van der Waals surface area contributed by atoms with Crippen LogP contribution in [0.25, 0.3) is 0 Å². The lowest BCUT2D eigenvalue weighted by atomic mass is 9.90. The van der Waals surface area contributed by atoms with Gasteiger partial charge in [-0.2, -0.15) is 0 Å². The number of nitrogens with zero attached hydrogens (tertiary/aromatic N) is 3. The van der Waals surface area contributed by atoms with Gasteiger partial charge in [0.15, 0.2) is 5.16 Å². The van der Waals surface area contributed by atoms with E-state index < -0.39 is 0 Å². The standard InChI is InChI=1S/C19H23N3OS/c1-15(24-19-20-10-5-11-21-19)18(23)22-12-8-17(9-13-22)14-16-6-3-2-4-7-16/h2-7,10-11,15,17H,8-9,12-14H2,1H3. The molecule has 1 amide bonds. The predicted molar refractivity (Wildman–Crippen MR) is 96.8 cm³/mol. The summed E-state index contributed by atoms with van der Waals surface area (Å²) in [6.07, 6.45) is 6.70. The Labute approximate surface area is 147 Å². The molecule has 1 aliphatic rings. The molecule has 24 heavy (non-hydrogen) atoms. The fraction of sp³-hybridized carbons (Fsp3) is 0.421. The summed E-state index contributed by atoms with van der Waals surface area (Å²) in [6, 6.07) is 12.4. The minimum Gasteiger partial charge on any atom is -0.342 e. The van der Waals surface area contributed by atoms with Crippen LogP contribution in [0.1, 0.15) is 25.3 Å². The Morgan fingerprint density at radius 3 is 2.50 bits per heavy atom. The number of aromatic nitrogens is 2. The lowest BCUT2D eigenvalue weighted by Gasteiger charge is -2.33. The summed E-state index contributed by atoms with van der Waals surface area (Å²) in [4.78, 5) is 23.0. The summed E-state index contributed by atoms with van der Waals surface area (Å²) < 4.78 is 0. The molecule has 0 saturated carbocycles. The minimum atomic E-state index is -0.141. The van der Waals surface area contributed by atoms with Gasteiger partial charge in [0.25, 0.3) is 0 Å². The van der Waals surface area contributed by atoms with Crippen molar-refractivity contribution >= 4 is 17.7 Å². The maximum Gasteiger partial charge on any atom is 0.235 e. The van der Waals surface area contributed by atoms with Crippen LogP contribution in [0.5, 0.6) is 0 Å². The van der Waals surface area contributed by atoms with E-state index in [1.54, 1.807) is 18.5 Å². The molecule has 1 aliphatic heterocycles. The quantitative estimate of drug-likeness (QED) is 0.617. The van der Waals surface area contributed by atoms with Gasteiger partial charge in [0.2, 0.25) is 5.91 Å². The van der Waals surface area contributed by atoms with Crippen LogP contribution in [0, 0.1) is 5.92 Å². The second-order valence-corrected chi connectivity index (χ2v) is 7.56. The molecule has 0 aliphatic carbocycles. The number of rotatable bonds is 5. The average molecular weight is 341 g/mol. The molecule has 5 heteroatoms. The normalized spacial score (nSPS) is 16.8. The van der Waals surface area contributed by atoms with Crippen LogP contribution < -0.4 is 0 Å². The molecule has 1 fully saturated rings. The first-order valence-electron chi connectivity index (χ1n) is 8.49. The van der Waals surface area contributed by atoms with Crippen molar-refractivity contribution in [2.24, 2.45) is 5.92 Å². The highest BCUT2D eigenvalue weighted by atomic mass is 32.2. The molecular weight excluding hydrogens is 318 g/mol. The average Bonchev–Trinajstić information content (AvgIpc) is 2.63. The number of hydrogen-bond acceptors (Lipinski definition) is 4. The van der Waals surface area contributed by atoms with E-state index in [4.69, 9.17) is 0 Å². The monoisotopic (exact) mass is 341 g/mol. The zero-order valence-corrected chi connectivity index (χ0v) is 14.8. The van der Waals surface area contributed by atoms with E-state index in [-0.39, 0.29) is 11.2 Å². The smallest absolute Gasteiger partial charge is 0.235 e. The van der Waals surface area contributed by atoms with Gasteiger partial charge in [0, 0.05) is 25.5 Å². The number of amides is 1. The van der Waals surface area contributed by atoms with E-state index in [2.05, 4.69) is 40.3 Å². The molecule has 2 aromatic rings. The van der Waals surface area contributed by atoms with Crippen LogP contribution in [0.15, 0.2) is 53.9 Å². The van der Waals surface area contributed by atoms with Crippen LogP contribution in [-0.2, 0) is 11.2 Å². The first kappa shape index (κ1) is 17.0. The summed E-state index contributed by atoms with van der Waals surface area (Å²) in [5.41, 5.74) is 1.40. The zero-order valence-electron chi connectivity index (χ0n) is 14.0. The largest absolute Gasteiger partial charge is 0.342 e. The summed E-state index contributed by atoms with van der Waals surface area (Å²) in [5, 5.41) is 0.524. The number of piperidine rings is 1. The Kier molecular flexibility index (Phi) is 5.86. The van der Waals surface area contributed by atoms with Gasteiger partial charge in [-0.25, -0.2) is 9.97 Å². The van der Waals surface area contributed by atoms with Crippen LogP contribution in [0.3, 0.4) is 0 Å². The molecule has 1 aromatic heterocycles. The number of carbonyl (C=O) groups is 1. The van der Waals surface area contributed by atoms with Crippen LogP contribution in [0.2, 0.25) is 0 Å². The number of carbonyl (C=O) groups excluding carboxylic acids is 1. The first-order chi connectivity index (χ1) is 11.7. The molecule has 1 unspecified atom stereocenters. The molecule has 4 nitrogen and oxygen atoms in total. The molecule has 1 aromatic carbocycles. The highest BCUT2D eigenvalue weighted by molar-refractivity contribution is 8.00. The number of benzene rings is 1. The molecule has 1 atom stereocenters. The zero-order chi connectivity index (χ0) is 16.8. The van der Waals surface area contributed by atoms with E-state index >= 15 is 0 Å². The Hall–Kier alpha value is -1.88. The van der Waals surface area contributed by atoms with E-state index in [1.165, 1.54) is 17.3 Å². The molecular formula is C19H23N3OS. The number of hydrogen-bond donors (Lipinski definition) is 0. The second kappa shape index (κ2) is 8.29. The maximum absolute atomic E-state index is 12.6. The Bertz CT molecular complexity index is 642. The fourth-order valence-electron chi connectivity index (χ4n) is 3.12. The topological polar surface area (TPSA) is 46.1 Å². The molecule has 126 valence electrons. The van der Waals surface area contributed by atoms with Crippen molar-refractivity contribution in [1.82, 2.24) is 14.9 Å². The molecule has 3 rings (SSSR count). The van der Waals surface area contributed by atoms with Crippen LogP contribution >= 0.6 is 11.8 Å². The van der Waals surface area contributed by atoms with Crippen molar-refractivity contribution < 1.29 is 4.79 Å². The SMILES string of the molecule is CC(Sc1ncccn1)C(=O)N1CCC(Cc2ccccc2)CC1. The van der Waals surface area contributed by atoms with Crippen LogP contribution in [0.4, 0.5) is 0 Å². The van der Waals surface area contributed by atoms with E-state index in [0.29, 0.717) is 11.1 Å². The van der Waals surface area contributed by atoms with Gasteiger partial charge >= 0.3 is 0 Å². The third-order valence-electron chi connectivity index (χ3n) is 4.47. The number of thioether (sulfide) groups is 1. The Morgan fingerprint density at radius 2 is 1.83 bits per heavy atom. The van der Waals surface area contributed by atoms with Gasteiger partial charge in [-0.1, -0.05) is 42.1 Å². The van der Waals surface area contributed by atoms with Crippen molar-refractivity contribution in [3.63, 3.8) is 0 Å². The second-order valence-electron chi connectivity index (χ2n) is 6.25. The lowest BCUT2D eigenvalue weighted by Crippen LogP contribution is -2.42. The van der Waals surface area contributed by atoms with Crippen molar-refractivity contribution in [3.05, 3.63) is 54.4 Å². The highest BCUT2D eigenvalue weighted by Crippen LogP contribution is 2.25. The van der Waals surface area contributed by atoms with Crippen molar-refractivity contribution in [1.29, 1.82) is 0 Å². The Balaban J connectivity index is 1.48. The third-order valence-corrected chi connectivity index (χ3v) is 5.44. The van der Waals surface area contributed by atoms with Crippen molar-refractivity contribution in [2.75, 3.05) is 13.1 Å². The van der Waals surface area contributed by atoms with Gasteiger partial charge in [-0.3, -0.25) is 4.79 Å². The lowest BCUT2D eigenvalue weighted by molar-refractivity contribution is -0.131. The minimum absolute atomic E-state index is 0.141. The third kappa shape index (κ3) is 4.57. The fourth-order valence-corrected chi connectivity index (χ4v) is 3.93. The molecule has 1 saturated heterocycles. The maximum atomic E-state index is 12.6. The molecule has 0 bridgehead atoms. The summed E-state index contributed by atoms with van der Waals surface area (Å²) in [6.45, 7) is 3.66. The Morgan fingerprint density at radius 1 is 1.17 bits per heavy atom. The van der Waals surface area contributed by atoms with E-state index in [0.717, 1.165) is 32.4 Å². The summed E-state index contributed by atoms with van der Waals surface area (Å²) in [5.74, 6) is 0.877. The molecule has 0 spiro atoms. The molecule has 0 radical (unpaired) electrons. The van der Waals surface area contributed by atoms with Gasteiger partial charge in [-0.05, 0) is 43.7 Å². The predicted octanol–water partition coefficient (Wildman–Crippen LogP) is 3.44. The van der Waals surface area contributed by atoms with Crippen molar-refractivity contribution in [3.8, 4) is 0 Å². The van der Waals surface area contributed by atoms with E-state index in [9.17, 15) is 4.79 Å². The number of likely N-dealkylation sites (tertiary alicyclic amines) is 1. The van der Waals surface area contributed by atoms with E-state index in [1.807, 2.05) is 11.8 Å². The highest BCUT2D eigenvalue weighted by Gasteiger charge is 2.27. The van der Waals surface area contributed by atoms with Crippen molar-refractivity contribution in [2.45, 2.75) is 36.6 Å². The van der Waals surface area contributed by atoms with Gasteiger partial charge in [0.1, 0.15) is 0 Å². The molecule has 0 N–H and O–H groups in total. The first-order valence-corrected chi connectivity index (χ1v) is 9.36. The molecule has 2 heterocycles. The van der Waals surface area contributed by atoms with Gasteiger partial charge in [0.05, 0.1) is 5.25 Å². The van der Waals surface area contributed by atoms with Gasteiger partial charge < -0.3 is 4.90 Å².